The normalized spacial score (nSPS) is 12.1. The van der Waals surface area contributed by atoms with E-state index in [9.17, 15) is 5.11 Å². The standard InChI is InChI=1S/C18H22O3/c1-3-18(19)15-6-10-17(11-7-15)21-16-8-4-14(5-9-16)12-13-20-2/h4-11,18-19H,3,12-13H2,1-2H3/t18-/m1/s1. The van der Waals surface area contributed by atoms with Crippen molar-refractivity contribution in [3.8, 4) is 11.5 Å². The molecule has 0 unspecified atom stereocenters. The minimum absolute atomic E-state index is 0.404. The summed E-state index contributed by atoms with van der Waals surface area (Å²) in [5.41, 5.74) is 2.14. The summed E-state index contributed by atoms with van der Waals surface area (Å²) >= 11 is 0. The fourth-order valence-corrected chi connectivity index (χ4v) is 2.07. The first kappa shape index (κ1) is 15.5. The predicted molar refractivity (Wildman–Crippen MR) is 83.8 cm³/mol. The monoisotopic (exact) mass is 286 g/mol. The van der Waals surface area contributed by atoms with Crippen LogP contribution >= 0.6 is 0 Å². The molecule has 0 aromatic heterocycles. The van der Waals surface area contributed by atoms with Gasteiger partial charge in [0.25, 0.3) is 0 Å². The molecule has 0 aliphatic carbocycles. The summed E-state index contributed by atoms with van der Waals surface area (Å²) in [5.74, 6) is 1.58. The minimum atomic E-state index is -0.404. The molecule has 21 heavy (non-hydrogen) atoms. The van der Waals surface area contributed by atoms with Gasteiger partial charge in [0.15, 0.2) is 0 Å². The molecule has 1 atom stereocenters. The van der Waals surface area contributed by atoms with Gasteiger partial charge in [-0.15, -0.1) is 0 Å². The van der Waals surface area contributed by atoms with Gasteiger partial charge >= 0.3 is 0 Å². The van der Waals surface area contributed by atoms with Gasteiger partial charge in [-0.05, 0) is 48.2 Å². The highest BCUT2D eigenvalue weighted by molar-refractivity contribution is 5.35. The van der Waals surface area contributed by atoms with Crippen molar-refractivity contribution in [3.63, 3.8) is 0 Å². The number of hydrogen-bond acceptors (Lipinski definition) is 3. The molecule has 0 fully saturated rings. The van der Waals surface area contributed by atoms with Crippen molar-refractivity contribution in [3.05, 3.63) is 59.7 Å². The number of ether oxygens (including phenoxy) is 2. The fraction of sp³-hybridized carbons (Fsp3) is 0.333. The minimum Gasteiger partial charge on any atom is -0.457 e. The van der Waals surface area contributed by atoms with Crippen LogP contribution in [0.1, 0.15) is 30.6 Å². The van der Waals surface area contributed by atoms with E-state index >= 15 is 0 Å². The molecule has 0 aliphatic rings. The maximum atomic E-state index is 9.76. The second kappa shape index (κ2) is 7.81. The van der Waals surface area contributed by atoms with E-state index in [2.05, 4.69) is 0 Å². The average Bonchev–Trinajstić information content (AvgIpc) is 2.54. The van der Waals surface area contributed by atoms with Crippen molar-refractivity contribution >= 4 is 0 Å². The van der Waals surface area contributed by atoms with Crippen LogP contribution in [0.25, 0.3) is 0 Å². The van der Waals surface area contributed by atoms with E-state index in [0.717, 1.165) is 30.1 Å². The summed E-state index contributed by atoms with van der Waals surface area (Å²) in [6.07, 6.45) is 1.21. The number of aliphatic hydroxyl groups excluding tert-OH is 1. The Bertz CT molecular complexity index is 531. The van der Waals surface area contributed by atoms with Gasteiger partial charge in [-0.25, -0.2) is 0 Å². The van der Waals surface area contributed by atoms with Crippen LogP contribution in [-0.4, -0.2) is 18.8 Å². The molecule has 0 spiro atoms. The second-order valence-corrected chi connectivity index (χ2v) is 4.98. The SMILES string of the molecule is CC[C@@H](O)c1ccc(Oc2ccc(CCOC)cc2)cc1. The average molecular weight is 286 g/mol. The Kier molecular flexibility index (Phi) is 5.78. The molecule has 0 aliphatic heterocycles. The van der Waals surface area contributed by atoms with Crippen LogP contribution in [0.15, 0.2) is 48.5 Å². The molecule has 0 heterocycles. The maximum absolute atomic E-state index is 9.76. The number of aliphatic hydroxyl groups is 1. The first-order chi connectivity index (χ1) is 10.2. The lowest BCUT2D eigenvalue weighted by atomic mass is 10.1. The van der Waals surface area contributed by atoms with Gasteiger partial charge in [0.05, 0.1) is 12.7 Å². The molecule has 0 radical (unpaired) electrons. The van der Waals surface area contributed by atoms with Gasteiger partial charge in [0, 0.05) is 7.11 Å². The molecular weight excluding hydrogens is 264 g/mol. The van der Waals surface area contributed by atoms with E-state index in [1.54, 1.807) is 7.11 Å². The molecule has 1 N–H and O–H groups in total. The highest BCUT2D eigenvalue weighted by Gasteiger charge is 2.05. The Morgan fingerprint density at radius 1 is 0.952 bits per heavy atom. The molecule has 0 saturated carbocycles. The lowest BCUT2D eigenvalue weighted by molar-refractivity contribution is 0.173. The molecular formula is C18H22O3. The van der Waals surface area contributed by atoms with Gasteiger partial charge < -0.3 is 14.6 Å². The summed E-state index contributed by atoms with van der Waals surface area (Å²) in [6.45, 7) is 2.68. The molecule has 3 nitrogen and oxygen atoms in total. The van der Waals surface area contributed by atoms with Crippen molar-refractivity contribution < 1.29 is 14.6 Å². The van der Waals surface area contributed by atoms with Crippen LogP contribution in [0.2, 0.25) is 0 Å². The van der Waals surface area contributed by atoms with Gasteiger partial charge in [0.2, 0.25) is 0 Å². The summed E-state index contributed by atoms with van der Waals surface area (Å²) in [6, 6.07) is 15.6. The first-order valence-corrected chi connectivity index (χ1v) is 7.26. The van der Waals surface area contributed by atoms with Gasteiger partial charge in [-0.2, -0.15) is 0 Å². The fourth-order valence-electron chi connectivity index (χ4n) is 2.07. The third-order valence-electron chi connectivity index (χ3n) is 3.41. The van der Waals surface area contributed by atoms with Crippen LogP contribution in [0, 0.1) is 0 Å². The summed E-state index contributed by atoms with van der Waals surface area (Å²) < 4.78 is 10.9. The van der Waals surface area contributed by atoms with E-state index in [-0.39, 0.29) is 0 Å². The zero-order valence-electron chi connectivity index (χ0n) is 12.6. The Balaban J connectivity index is 1.97. The highest BCUT2D eigenvalue weighted by Crippen LogP contribution is 2.24. The number of rotatable bonds is 7. The van der Waals surface area contributed by atoms with E-state index in [0.29, 0.717) is 6.42 Å². The molecule has 0 saturated heterocycles. The number of hydrogen-bond donors (Lipinski definition) is 1. The molecule has 0 amide bonds. The van der Waals surface area contributed by atoms with Crippen LogP contribution in [0.4, 0.5) is 0 Å². The van der Waals surface area contributed by atoms with Crippen LogP contribution in [0.3, 0.4) is 0 Å². The summed E-state index contributed by atoms with van der Waals surface area (Å²) in [7, 11) is 1.70. The van der Waals surface area contributed by atoms with Gasteiger partial charge in [-0.1, -0.05) is 31.2 Å². The van der Waals surface area contributed by atoms with Crippen molar-refractivity contribution in [1.29, 1.82) is 0 Å². The Morgan fingerprint density at radius 2 is 1.52 bits per heavy atom. The van der Waals surface area contributed by atoms with Crippen molar-refractivity contribution in [2.45, 2.75) is 25.9 Å². The van der Waals surface area contributed by atoms with Crippen LogP contribution in [-0.2, 0) is 11.2 Å². The predicted octanol–water partition coefficient (Wildman–Crippen LogP) is 4.11. The zero-order chi connectivity index (χ0) is 15.1. The molecule has 112 valence electrons. The van der Waals surface area contributed by atoms with Crippen LogP contribution < -0.4 is 4.74 Å². The van der Waals surface area contributed by atoms with E-state index < -0.39 is 6.10 Å². The number of methoxy groups -OCH3 is 1. The lowest BCUT2D eigenvalue weighted by Crippen LogP contribution is -1.95. The number of benzene rings is 2. The van der Waals surface area contributed by atoms with Gasteiger partial charge in [-0.3, -0.25) is 0 Å². The largest absolute Gasteiger partial charge is 0.457 e. The van der Waals surface area contributed by atoms with Crippen molar-refractivity contribution in [1.82, 2.24) is 0 Å². The topological polar surface area (TPSA) is 38.7 Å². The van der Waals surface area contributed by atoms with E-state index in [4.69, 9.17) is 9.47 Å². The molecule has 3 heteroatoms. The van der Waals surface area contributed by atoms with Crippen LogP contribution in [0.5, 0.6) is 11.5 Å². The first-order valence-electron chi connectivity index (χ1n) is 7.26. The maximum Gasteiger partial charge on any atom is 0.127 e. The Labute approximate surface area is 126 Å². The smallest absolute Gasteiger partial charge is 0.127 e. The lowest BCUT2D eigenvalue weighted by Gasteiger charge is -2.10. The quantitative estimate of drug-likeness (QED) is 0.832. The second-order valence-electron chi connectivity index (χ2n) is 4.98. The summed E-state index contributed by atoms with van der Waals surface area (Å²) in [5, 5.41) is 9.76. The van der Waals surface area contributed by atoms with Crippen molar-refractivity contribution in [2.75, 3.05) is 13.7 Å². The highest BCUT2D eigenvalue weighted by atomic mass is 16.5. The molecule has 2 aromatic carbocycles. The third kappa shape index (κ3) is 4.59. The van der Waals surface area contributed by atoms with E-state index in [1.165, 1.54) is 5.56 Å². The third-order valence-corrected chi connectivity index (χ3v) is 3.41. The Morgan fingerprint density at radius 3 is 2.05 bits per heavy atom. The zero-order valence-corrected chi connectivity index (χ0v) is 12.6. The van der Waals surface area contributed by atoms with Crippen molar-refractivity contribution in [2.24, 2.45) is 0 Å². The van der Waals surface area contributed by atoms with E-state index in [1.807, 2.05) is 55.5 Å². The summed E-state index contributed by atoms with van der Waals surface area (Å²) in [4.78, 5) is 0. The molecule has 2 aromatic rings. The molecule has 2 rings (SSSR count). The molecule has 0 bridgehead atoms. The van der Waals surface area contributed by atoms with Gasteiger partial charge in [0.1, 0.15) is 11.5 Å². The Hall–Kier alpha value is -1.84.